The molecule has 0 N–H and O–H groups in total. The van der Waals surface area contributed by atoms with Gasteiger partial charge in [-0.15, -0.1) is 0 Å². The van der Waals surface area contributed by atoms with Gasteiger partial charge in [0.25, 0.3) is 0 Å². The molecule has 0 radical (unpaired) electrons. The largest absolute Gasteiger partial charge is 0.493 e. The lowest BCUT2D eigenvalue weighted by atomic mass is 10.2. The van der Waals surface area contributed by atoms with Crippen molar-refractivity contribution in [3.63, 3.8) is 0 Å². The Bertz CT molecular complexity index is 698. The van der Waals surface area contributed by atoms with Gasteiger partial charge in [0.2, 0.25) is 0 Å². The van der Waals surface area contributed by atoms with E-state index in [0.717, 1.165) is 28.8 Å². The maximum Gasteiger partial charge on any atom is 0.138 e. The molecule has 0 atom stereocenters. The minimum Gasteiger partial charge on any atom is -0.493 e. The Morgan fingerprint density at radius 2 is 1.48 bits per heavy atom. The molecule has 106 valence electrons. The zero-order chi connectivity index (χ0) is 14.3. The van der Waals surface area contributed by atoms with Crippen molar-refractivity contribution in [1.29, 1.82) is 0 Å². The number of benzene rings is 2. The predicted octanol–water partition coefficient (Wildman–Crippen LogP) is 4.08. The summed E-state index contributed by atoms with van der Waals surface area (Å²) in [4.78, 5) is 4.37. The van der Waals surface area contributed by atoms with E-state index in [2.05, 4.69) is 4.98 Å². The third-order valence-electron chi connectivity index (χ3n) is 3.13. The fraction of sp³-hybridized carbons (Fsp3) is 0.167. The molecule has 0 fully saturated rings. The number of nitrogens with zero attached hydrogens (tertiary/aromatic N) is 1. The van der Waals surface area contributed by atoms with Crippen LogP contribution in [0.3, 0.4) is 0 Å². The standard InChI is InChI=1S/C18H17NO2/c1-2-8-16(9-3-1)20-11-6-12-21-17-13-15-7-4-5-10-18(15)19-14-17/h1-5,7-10,13-14H,6,11-12H2. The van der Waals surface area contributed by atoms with Gasteiger partial charge in [-0.05, 0) is 24.3 Å². The predicted molar refractivity (Wildman–Crippen MR) is 83.8 cm³/mol. The van der Waals surface area contributed by atoms with E-state index in [9.17, 15) is 0 Å². The van der Waals surface area contributed by atoms with E-state index < -0.39 is 0 Å². The number of hydrogen-bond donors (Lipinski definition) is 0. The number of para-hydroxylation sites is 2. The van der Waals surface area contributed by atoms with Crippen molar-refractivity contribution in [2.45, 2.75) is 6.42 Å². The summed E-state index contributed by atoms with van der Waals surface area (Å²) in [6.45, 7) is 1.26. The van der Waals surface area contributed by atoms with Gasteiger partial charge in [0.05, 0.1) is 24.9 Å². The van der Waals surface area contributed by atoms with E-state index in [0.29, 0.717) is 13.2 Å². The normalized spacial score (nSPS) is 10.5. The van der Waals surface area contributed by atoms with Gasteiger partial charge in [0.15, 0.2) is 0 Å². The van der Waals surface area contributed by atoms with E-state index in [1.807, 2.05) is 60.7 Å². The summed E-state index contributed by atoms with van der Waals surface area (Å²) in [5, 5.41) is 1.09. The summed E-state index contributed by atoms with van der Waals surface area (Å²) in [6, 6.07) is 19.8. The lowest BCUT2D eigenvalue weighted by Gasteiger charge is -2.08. The third-order valence-corrected chi connectivity index (χ3v) is 3.13. The van der Waals surface area contributed by atoms with Crippen LogP contribution < -0.4 is 9.47 Å². The van der Waals surface area contributed by atoms with Crippen LogP contribution in [0.25, 0.3) is 10.9 Å². The highest BCUT2D eigenvalue weighted by molar-refractivity contribution is 5.79. The van der Waals surface area contributed by atoms with E-state index in [-0.39, 0.29) is 0 Å². The molecule has 1 aromatic heterocycles. The highest BCUT2D eigenvalue weighted by Gasteiger charge is 1.98. The van der Waals surface area contributed by atoms with E-state index in [1.54, 1.807) is 6.20 Å². The Morgan fingerprint density at radius 3 is 2.33 bits per heavy atom. The first kappa shape index (κ1) is 13.4. The Labute approximate surface area is 124 Å². The molecule has 21 heavy (non-hydrogen) atoms. The Morgan fingerprint density at radius 1 is 0.762 bits per heavy atom. The van der Waals surface area contributed by atoms with Crippen molar-refractivity contribution in [3.8, 4) is 11.5 Å². The van der Waals surface area contributed by atoms with Crippen LogP contribution in [0.4, 0.5) is 0 Å². The molecule has 1 heterocycles. The van der Waals surface area contributed by atoms with Gasteiger partial charge >= 0.3 is 0 Å². The molecular formula is C18H17NO2. The van der Waals surface area contributed by atoms with Gasteiger partial charge < -0.3 is 9.47 Å². The quantitative estimate of drug-likeness (QED) is 0.637. The van der Waals surface area contributed by atoms with Crippen molar-refractivity contribution in [2.24, 2.45) is 0 Å². The summed E-state index contributed by atoms with van der Waals surface area (Å²) >= 11 is 0. The van der Waals surface area contributed by atoms with Gasteiger partial charge in [-0.1, -0.05) is 36.4 Å². The number of rotatable bonds is 6. The van der Waals surface area contributed by atoms with Gasteiger partial charge in [-0.3, -0.25) is 4.98 Å². The van der Waals surface area contributed by atoms with Crippen LogP contribution in [0.5, 0.6) is 11.5 Å². The fourth-order valence-corrected chi connectivity index (χ4v) is 2.09. The molecule has 0 spiro atoms. The molecule has 0 aliphatic rings. The molecule has 3 nitrogen and oxygen atoms in total. The molecule has 3 aromatic rings. The van der Waals surface area contributed by atoms with Gasteiger partial charge in [-0.2, -0.15) is 0 Å². The molecule has 0 saturated heterocycles. The maximum atomic E-state index is 5.71. The van der Waals surface area contributed by atoms with Crippen LogP contribution in [0.1, 0.15) is 6.42 Å². The first-order chi connectivity index (χ1) is 10.4. The Kier molecular flexibility index (Phi) is 4.32. The molecule has 3 heteroatoms. The zero-order valence-electron chi connectivity index (χ0n) is 11.7. The molecule has 2 aromatic carbocycles. The summed E-state index contributed by atoms with van der Waals surface area (Å²) in [5.41, 5.74) is 0.984. The van der Waals surface area contributed by atoms with Crippen molar-refractivity contribution in [1.82, 2.24) is 4.98 Å². The summed E-state index contributed by atoms with van der Waals surface area (Å²) < 4.78 is 11.3. The highest BCUT2D eigenvalue weighted by Crippen LogP contribution is 2.18. The second-order valence-electron chi connectivity index (χ2n) is 4.73. The second-order valence-corrected chi connectivity index (χ2v) is 4.73. The minimum atomic E-state index is 0.618. The number of pyridine rings is 1. The minimum absolute atomic E-state index is 0.618. The highest BCUT2D eigenvalue weighted by atomic mass is 16.5. The average molecular weight is 279 g/mol. The first-order valence-corrected chi connectivity index (χ1v) is 7.07. The number of fused-ring (bicyclic) bond motifs is 1. The second kappa shape index (κ2) is 6.75. The topological polar surface area (TPSA) is 31.4 Å². The number of hydrogen-bond acceptors (Lipinski definition) is 3. The zero-order valence-corrected chi connectivity index (χ0v) is 11.7. The van der Waals surface area contributed by atoms with Crippen molar-refractivity contribution in [2.75, 3.05) is 13.2 Å². The number of ether oxygens (including phenoxy) is 2. The molecule has 0 aliphatic carbocycles. The average Bonchev–Trinajstić information content (AvgIpc) is 2.55. The summed E-state index contributed by atoms with van der Waals surface area (Å²) in [5.74, 6) is 1.69. The van der Waals surface area contributed by atoms with Crippen molar-refractivity contribution in [3.05, 3.63) is 66.9 Å². The van der Waals surface area contributed by atoms with Crippen LogP contribution >= 0.6 is 0 Å². The molecule has 0 bridgehead atoms. The van der Waals surface area contributed by atoms with E-state index >= 15 is 0 Å². The van der Waals surface area contributed by atoms with Crippen LogP contribution in [0, 0.1) is 0 Å². The number of aromatic nitrogens is 1. The maximum absolute atomic E-state index is 5.71. The smallest absolute Gasteiger partial charge is 0.138 e. The molecule has 0 aliphatic heterocycles. The molecular weight excluding hydrogens is 262 g/mol. The van der Waals surface area contributed by atoms with Crippen molar-refractivity contribution < 1.29 is 9.47 Å². The van der Waals surface area contributed by atoms with Gasteiger partial charge in [-0.25, -0.2) is 0 Å². The molecule has 3 rings (SSSR count). The van der Waals surface area contributed by atoms with E-state index in [4.69, 9.17) is 9.47 Å². The monoisotopic (exact) mass is 279 g/mol. The Hall–Kier alpha value is -2.55. The fourth-order valence-electron chi connectivity index (χ4n) is 2.09. The lowest BCUT2D eigenvalue weighted by Crippen LogP contribution is -2.05. The first-order valence-electron chi connectivity index (χ1n) is 7.07. The summed E-state index contributed by atoms with van der Waals surface area (Å²) in [6.07, 6.45) is 2.60. The molecule has 0 amide bonds. The van der Waals surface area contributed by atoms with E-state index in [1.165, 1.54) is 0 Å². The van der Waals surface area contributed by atoms with Gasteiger partial charge in [0.1, 0.15) is 11.5 Å². The third kappa shape index (κ3) is 3.72. The van der Waals surface area contributed by atoms with Crippen LogP contribution in [-0.2, 0) is 0 Å². The SMILES string of the molecule is c1ccc(OCCCOc2cnc3ccccc3c2)cc1. The molecule has 0 unspecified atom stereocenters. The van der Waals surface area contributed by atoms with Crippen LogP contribution in [0.2, 0.25) is 0 Å². The summed E-state index contributed by atoms with van der Waals surface area (Å²) in [7, 11) is 0. The van der Waals surface area contributed by atoms with Crippen molar-refractivity contribution >= 4 is 10.9 Å². The van der Waals surface area contributed by atoms with Crippen LogP contribution in [0.15, 0.2) is 66.9 Å². The Balaban J connectivity index is 1.46. The van der Waals surface area contributed by atoms with Crippen LogP contribution in [-0.4, -0.2) is 18.2 Å². The molecule has 0 saturated carbocycles. The van der Waals surface area contributed by atoms with Gasteiger partial charge in [0, 0.05) is 11.8 Å². The lowest BCUT2D eigenvalue weighted by molar-refractivity contribution is 0.247.